The number of rotatable bonds is 5. The van der Waals surface area contributed by atoms with Crippen LogP contribution in [0.15, 0.2) is 57.1 Å². The van der Waals surface area contributed by atoms with Gasteiger partial charge < -0.3 is 10.1 Å². The first-order valence-corrected chi connectivity index (χ1v) is 9.40. The molecule has 1 amide bonds. The highest BCUT2D eigenvalue weighted by molar-refractivity contribution is 9.10. The van der Waals surface area contributed by atoms with Gasteiger partial charge in [0.25, 0.3) is 0 Å². The Morgan fingerprint density at radius 3 is 2.92 bits per heavy atom. The number of halogens is 1. The second-order valence-electron chi connectivity index (χ2n) is 5.38. The summed E-state index contributed by atoms with van der Waals surface area (Å²) >= 11 is 4.79. The number of benzene rings is 2. The monoisotopic (exact) mass is 417 g/mol. The van der Waals surface area contributed by atoms with E-state index in [2.05, 4.69) is 44.4 Å². The molecule has 0 spiro atoms. The Bertz CT molecular complexity index is 852. The highest BCUT2D eigenvalue weighted by Crippen LogP contribution is 2.23. The van der Waals surface area contributed by atoms with Gasteiger partial charge in [-0.1, -0.05) is 52.0 Å². The molecular weight excluding hydrogens is 402 g/mol. The summed E-state index contributed by atoms with van der Waals surface area (Å²) in [5.41, 5.74) is 3.13. The second kappa shape index (κ2) is 8.31. The lowest BCUT2D eigenvalue weighted by molar-refractivity contribution is -0.116. The third-order valence-electron chi connectivity index (χ3n) is 3.55. The zero-order valence-corrected chi connectivity index (χ0v) is 15.9. The Hall–Kier alpha value is -2.12. The van der Waals surface area contributed by atoms with E-state index in [-0.39, 0.29) is 5.91 Å². The number of ether oxygens (including phenoxy) is 1. The molecule has 1 N–H and O–H groups in total. The summed E-state index contributed by atoms with van der Waals surface area (Å²) in [6.45, 7) is 2.54. The number of aryl methyl sites for hydroxylation is 1. The topological polar surface area (TPSA) is 63.1 Å². The molecule has 0 atom stereocenters. The molecule has 2 aromatic carbocycles. The predicted molar refractivity (Wildman–Crippen MR) is 105 cm³/mol. The van der Waals surface area contributed by atoms with Crippen LogP contribution in [0.2, 0.25) is 0 Å². The van der Waals surface area contributed by atoms with Crippen molar-refractivity contribution in [1.82, 2.24) is 5.32 Å². The average molecular weight is 418 g/mol. The molecule has 1 aliphatic rings. The van der Waals surface area contributed by atoms with Crippen molar-refractivity contribution in [1.29, 1.82) is 0 Å². The fourth-order valence-electron chi connectivity index (χ4n) is 2.20. The minimum Gasteiger partial charge on any atom is -0.488 e. The molecule has 7 heteroatoms. The van der Waals surface area contributed by atoms with Crippen LogP contribution in [0.25, 0.3) is 0 Å². The summed E-state index contributed by atoms with van der Waals surface area (Å²) in [7, 11) is 0. The van der Waals surface area contributed by atoms with Crippen molar-refractivity contribution < 1.29 is 9.53 Å². The fraction of sp³-hybridized carbons (Fsp3) is 0.167. The van der Waals surface area contributed by atoms with Crippen LogP contribution in [0.1, 0.15) is 16.7 Å². The fourth-order valence-corrected chi connectivity index (χ4v) is 3.21. The summed E-state index contributed by atoms with van der Waals surface area (Å²) in [6.07, 6.45) is 1.62. The minimum absolute atomic E-state index is 0.0522. The van der Waals surface area contributed by atoms with Crippen LogP contribution in [-0.2, 0) is 11.4 Å². The number of thioether (sulfide) groups is 1. The van der Waals surface area contributed by atoms with Crippen LogP contribution in [-0.4, -0.2) is 23.0 Å². The summed E-state index contributed by atoms with van der Waals surface area (Å²) in [5.74, 6) is 1.05. The van der Waals surface area contributed by atoms with Gasteiger partial charge in [-0.25, -0.2) is 0 Å². The molecule has 0 aromatic heterocycles. The highest BCUT2D eigenvalue weighted by Gasteiger charge is 2.16. The van der Waals surface area contributed by atoms with Gasteiger partial charge in [-0.05, 0) is 36.2 Å². The first-order valence-electron chi connectivity index (χ1n) is 7.62. The number of nitrogens with zero attached hydrogens (tertiary/aromatic N) is 2. The van der Waals surface area contributed by atoms with Crippen molar-refractivity contribution in [2.45, 2.75) is 13.5 Å². The average Bonchev–Trinajstić information content (AvgIpc) is 3.01. The number of carbonyl (C=O) groups excluding carboxylic acids is 1. The standard InChI is InChI=1S/C18H16BrN3O2S/c1-12-4-2-3-5-13(12)10-24-16-7-6-15(19)8-14(16)9-20-22-18-21-17(23)11-25-18/h2-9H,10-11H2,1H3,(H,21,22,23). The van der Waals surface area contributed by atoms with Crippen LogP contribution in [0.5, 0.6) is 5.75 Å². The van der Waals surface area contributed by atoms with Crippen molar-refractivity contribution in [2.75, 3.05) is 5.75 Å². The number of hydrogen-bond acceptors (Lipinski definition) is 5. The van der Waals surface area contributed by atoms with Crippen LogP contribution < -0.4 is 10.1 Å². The van der Waals surface area contributed by atoms with E-state index in [1.54, 1.807) is 6.21 Å². The van der Waals surface area contributed by atoms with Crippen LogP contribution in [0, 0.1) is 6.92 Å². The van der Waals surface area contributed by atoms with Gasteiger partial charge in [0, 0.05) is 10.0 Å². The Balaban J connectivity index is 1.74. The van der Waals surface area contributed by atoms with Crippen LogP contribution >= 0.6 is 27.7 Å². The lowest BCUT2D eigenvalue weighted by atomic mass is 10.1. The summed E-state index contributed by atoms with van der Waals surface area (Å²) in [5, 5.41) is 11.2. The molecule has 0 bridgehead atoms. The Morgan fingerprint density at radius 2 is 2.16 bits per heavy atom. The van der Waals surface area contributed by atoms with Crippen molar-refractivity contribution in [3.05, 3.63) is 63.6 Å². The third kappa shape index (κ3) is 4.93. The molecule has 25 heavy (non-hydrogen) atoms. The molecule has 1 aliphatic heterocycles. The van der Waals surface area contributed by atoms with E-state index in [1.165, 1.54) is 17.3 Å². The Kier molecular flexibility index (Phi) is 5.88. The first kappa shape index (κ1) is 17.7. The SMILES string of the molecule is Cc1ccccc1COc1ccc(Br)cc1C=NN=C1NC(=O)CS1. The zero-order chi connectivity index (χ0) is 17.6. The smallest absolute Gasteiger partial charge is 0.236 e. The Labute approximate surface area is 158 Å². The molecule has 0 saturated carbocycles. The van der Waals surface area contributed by atoms with Crippen molar-refractivity contribution in [3.63, 3.8) is 0 Å². The van der Waals surface area contributed by atoms with Gasteiger partial charge >= 0.3 is 0 Å². The molecule has 0 radical (unpaired) electrons. The maximum Gasteiger partial charge on any atom is 0.236 e. The number of hydrogen-bond donors (Lipinski definition) is 1. The molecule has 0 aliphatic carbocycles. The molecule has 0 unspecified atom stereocenters. The largest absolute Gasteiger partial charge is 0.488 e. The van der Waals surface area contributed by atoms with Crippen LogP contribution in [0.4, 0.5) is 0 Å². The van der Waals surface area contributed by atoms with Gasteiger partial charge in [0.1, 0.15) is 12.4 Å². The zero-order valence-electron chi connectivity index (χ0n) is 13.5. The Morgan fingerprint density at radius 1 is 1.32 bits per heavy atom. The van der Waals surface area contributed by atoms with E-state index >= 15 is 0 Å². The molecule has 1 fully saturated rings. The number of nitrogens with one attached hydrogen (secondary N) is 1. The second-order valence-corrected chi connectivity index (χ2v) is 7.26. The maximum atomic E-state index is 11.1. The van der Waals surface area contributed by atoms with Crippen molar-refractivity contribution >= 4 is 45.0 Å². The van der Waals surface area contributed by atoms with Gasteiger partial charge in [-0.15, -0.1) is 5.10 Å². The van der Waals surface area contributed by atoms with E-state index < -0.39 is 0 Å². The van der Waals surface area contributed by atoms with Crippen molar-refractivity contribution in [2.24, 2.45) is 10.2 Å². The molecule has 1 saturated heterocycles. The molecular formula is C18H16BrN3O2S. The van der Waals surface area contributed by atoms with Gasteiger partial charge in [-0.3, -0.25) is 4.79 Å². The van der Waals surface area contributed by atoms with E-state index in [0.717, 1.165) is 21.3 Å². The number of carbonyl (C=O) groups is 1. The van der Waals surface area contributed by atoms with Gasteiger partial charge in [0.2, 0.25) is 5.91 Å². The molecule has 5 nitrogen and oxygen atoms in total. The molecule has 1 heterocycles. The lowest BCUT2D eigenvalue weighted by Gasteiger charge is -2.11. The van der Waals surface area contributed by atoms with Gasteiger partial charge in [0.05, 0.1) is 12.0 Å². The lowest BCUT2D eigenvalue weighted by Crippen LogP contribution is -2.19. The van der Waals surface area contributed by atoms with E-state index in [1.807, 2.05) is 36.4 Å². The third-order valence-corrected chi connectivity index (χ3v) is 4.90. The van der Waals surface area contributed by atoms with Crippen LogP contribution in [0.3, 0.4) is 0 Å². The van der Waals surface area contributed by atoms with Crippen molar-refractivity contribution in [3.8, 4) is 5.75 Å². The first-order chi connectivity index (χ1) is 12.1. The number of amidine groups is 1. The normalized spacial score (nSPS) is 15.8. The van der Waals surface area contributed by atoms with Gasteiger partial charge in [-0.2, -0.15) is 5.10 Å². The molecule has 2 aromatic rings. The van der Waals surface area contributed by atoms with E-state index in [4.69, 9.17) is 4.74 Å². The summed E-state index contributed by atoms with van der Waals surface area (Å²) < 4.78 is 6.89. The number of amides is 1. The summed E-state index contributed by atoms with van der Waals surface area (Å²) in [6, 6.07) is 13.8. The molecule has 3 rings (SSSR count). The van der Waals surface area contributed by atoms with E-state index in [9.17, 15) is 4.79 Å². The maximum absolute atomic E-state index is 11.1. The van der Waals surface area contributed by atoms with E-state index in [0.29, 0.717) is 17.5 Å². The highest BCUT2D eigenvalue weighted by atomic mass is 79.9. The summed E-state index contributed by atoms with van der Waals surface area (Å²) in [4.78, 5) is 11.1. The predicted octanol–water partition coefficient (Wildman–Crippen LogP) is 3.89. The quantitative estimate of drug-likeness (QED) is 0.592. The minimum atomic E-state index is -0.0522. The van der Waals surface area contributed by atoms with Gasteiger partial charge in [0.15, 0.2) is 5.17 Å². The molecule has 128 valence electrons.